The van der Waals surface area contributed by atoms with Gasteiger partial charge in [0.15, 0.2) is 5.65 Å². The fraction of sp³-hybridized carbons (Fsp3) is 0.294. The molecule has 1 aromatic carbocycles. The third-order valence-electron chi connectivity index (χ3n) is 4.11. The summed E-state index contributed by atoms with van der Waals surface area (Å²) >= 11 is 0. The molecule has 0 saturated carbocycles. The first-order valence-electron chi connectivity index (χ1n) is 8.32. The molecule has 2 aromatic heterocycles. The van der Waals surface area contributed by atoms with Crippen LogP contribution in [0.25, 0.3) is 5.65 Å². The van der Waals surface area contributed by atoms with E-state index < -0.39 is 10.0 Å². The minimum Gasteiger partial charge on any atom is -0.508 e. The van der Waals surface area contributed by atoms with Gasteiger partial charge in [-0.15, -0.1) is 10.2 Å². The van der Waals surface area contributed by atoms with Gasteiger partial charge in [-0.1, -0.05) is 26.0 Å². The molecule has 138 valence electrons. The fourth-order valence-electron chi connectivity index (χ4n) is 2.65. The normalized spacial score (nSPS) is 12.0. The number of hydrogen-bond acceptors (Lipinski definition) is 6. The van der Waals surface area contributed by atoms with Crippen molar-refractivity contribution in [2.24, 2.45) is 0 Å². The van der Waals surface area contributed by atoms with Crippen LogP contribution in [0.2, 0.25) is 0 Å². The van der Waals surface area contributed by atoms with Crippen molar-refractivity contribution >= 4 is 21.6 Å². The van der Waals surface area contributed by atoms with Crippen LogP contribution < -0.4 is 5.32 Å². The Morgan fingerprint density at radius 2 is 1.77 bits per heavy atom. The molecule has 0 bridgehead atoms. The number of benzene rings is 1. The topological polar surface area (TPSA) is 99.8 Å². The number of fused-ring (bicyclic) bond motifs is 1. The summed E-state index contributed by atoms with van der Waals surface area (Å²) in [5.74, 6) is 0.651. The Bertz CT molecular complexity index is 995. The zero-order valence-corrected chi connectivity index (χ0v) is 15.4. The molecule has 2 N–H and O–H groups in total. The molecule has 0 amide bonds. The number of phenolic OH excluding ortho intramolecular Hbond substituents is 1. The number of nitrogens with one attached hydrogen (secondary N) is 1. The molecule has 9 heteroatoms. The van der Waals surface area contributed by atoms with Gasteiger partial charge in [-0.25, -0.2) is 8.42 Å². The molecule has 3 aromatic rings. The van der Waals surface area contributed by atoms with Crippen molar-refractivity contribution in [2.75, 3.05) is 18.4 Å². The summed E-state index contributed by atoms with van der Waals surface area (Å²) in [6.07, 6.45) is 1.53. The quantitative estimate of drug-likeness (QED) is 0.656. The van der Waals surface area contributed by atoms with E-state index in [1.807, 2.05) is 13.8 Å². The van der Waals surface area contributed by atoms with Crippen molar-refractivity contribution in [3.63, 3.8) is 0 Å². The highest BCUT2D eigenvalue weighted by atomic mass is 32.2. The number of pyridine rings is 1. The molecule has 3 rings (SSSR count). The molecule has 0 aliphatic heterocycles. The molecule has 0 fully saturated rings. The zero-order valence-electron chi connectivity index (χ0n) is 14.6. The smallest absolute Gasteiger partial charge is 0.244 e. The largest absolute Gasteiger partial charge is 0.508 e. The van der Waals surface area contributed by atoms with E-state index in [1.54, 1.807) is 40.8 Å². The number of anilines is 1. The van der Waals surface area contributed by atoms with Gasteiger partial charge in [0.05, 0.1) is 4.90 Å². The molecule has 2 heterocycles. The summed E-state index contributed by atoms with van der Waals surface area (Å²) in [4.78, 5) is 0.196. The summed E-state index contributed by atoms with van der Waals surface area (Å²) in [7, 11) is -3.56. The molecule has 0 atom stereocenters. The zero-order chi connectivity index (χ0) is 18.7. The standard InChI is InChI=1S/C17H21N5O3S/c1-3-21(4-2)26(24,25)15-9-10-16-19-20-17(22(16)12-15)18-11-13-5-7-14(23)8-6-13/h5-10,12,23H,3-4,11H2,1-2H3,(H,18,20). The highest BCUT2D eigenvalue weighted by Crippen LogP contribution is 2.19. The van der Waals surface area contributed by atoms with Crippen LogP contribution in [0.4, 0.5) is 5.95 Å². The first-order chi connectivity index (χ1) is 12.5. The van der Waals surface area contributed by atoms with Gasteiger partial charge in [0.25, 0.3) is 0 Å². The van der Waals surface area contributed by atoms with Crippen LogP contribution in [0.5, 0.6) is 5.75 Å². The van der Waals surface area contributed by atoms with Crippen LogP contribution in [0.1, 0.15) is 19.4 Å². The van der Waals surface area contributed by atoms with Gasteiger partial charge < -0.3 is 10.4 Å². The summed E-state index contributed by atoms with van der Waals surface area (Å²) in [5.41, 5.74) is 1.50. The summed E-state index contributed by atoms with van der Waals surface area (Å²) in [5, 5.41) is 20.6. The lowest BCUT2D eigenvalue weighted by atomic mass is 10.2. The second-order valence-corrected chi connectivity index (χ2v) is 7.66. The number of hydrogen-bond donors (Lipinski definition) is 2. The highest BCUT2D eigenvalue weighted by Gasteiger charge is 2.22. The first-order valence-corrected chi connectivity index (χ1v) is 9.76. The van der Waals surface area contributed by atoms with Gasteiger partial charge >= 0.3 is 0 Å². The molecule has 0 aliphatic rings. The Kier molecular flexibility index (Phi) is 5.10. The molecule has 0 radical (unpaired) electrons. The third-order valence-corrected chi connectivity index (χ3v) is 6.14. The lowest BCUT2D eigenvalue weighted by molar-refractivity contribution is 0.445. The molecule has 26 heavy (non-hydrogen) atoms. The lowest BCUT2D eigenvalue weighted by Crippen LogP contribution is -2.30. The maximum absolute atomic E-state index is 12.7. The molecular weight excluding hydrogens is 354 g/mol. The Labute approximate surface area is 152 Å². The Hall–Kier alpha value is -2.65. The van der Waals surface area contributed by atoms with Crippen molar-refractivity contribution in [3.8, 4) is 5.75 Å². The van der Waals surface area contributed by atoms with Crippen molar-refractivity contribution in [2.45, 2.75) is 25.3 Å². The molecule has 0 saturated heterocycles. The second kappa shape index (κ2) is 7.30. The van der Waals surface area contributed by atoms with Crippen molar-refractivity contribution in [3.05, 3.63) is 48.2 Å². The number of phenols is 1. The lowest BCUT2D eigenvalue weighted by Gasteiger charge is -2.18. The fourth-order valence-corrected chi connectivity index (χ4v) is 4.11. The monoisotopic (exact) mass is 375 g/mol. The number of rotatable bonds is 7. The molecule has 0 spiro atoms. The highest BCUT2D eigenvalue weighted by molar-refractivity contribution is 7.89. The summed E-state index contributed by atoms with van der Waals surface area (Å²) in [6.45, 7) is 4.90. The molecule has 8 nitrogen and oxygen atoms in total. The van der Waals surface area contributed by atoms with Gasteiger partial charge in [-0.2, -0.15) is 4.31 Å². The SMILES string of the molecule is CCN(CC)S(=O)(=O)c1ccc2nnc(NCc3ccc(O)cc3)n2c1. The van der Waals surface area contributed by atoms with E-state index in [1.165, 1.54) is 10.5 Å². The van der Waals surface area contributed by atoms with Crippen LogP contribution >= 0.6 is 0 Å². The van der Waals surface area contributed by atoms with E-state index in [0.717, 1.165) is 5.56 Å². The average Bonchev–Trinajstić information content (AvgIpc) is 3.04. The van der Waals surface area contributed by atoms with Crippen molar-refractivity contribution < 1.29 is 13.5 Å². The van der Waals surface area contributed by atoms with Crippen LogP contribution in [0.3, 0.4) is 0 Å². The molecule has 0 aliphatic carbocycles. The second-order valence-electron chi connectivity index (χ2n) is 5.73. The maximum Gasteiger partial charge on any atom is 0.244 e. The van der Waals surface area contributed by atoms with E-state index in [-0.39, 0.29) is 10.6 Å². The first kappa shape index (κ1) is 18.2. The van der Waals surface area contributed by atoms with E-state index in [0.29, 0.717) is 31.2 Å². The Morgan fingerprint density at radius 3 is 2.42 bits per heavy atom. The number of aromatic nitrogens is 3. The van der Waals surface area contributed by atoms with E-state index in [2.05, 4.69) is 15.5 Å². The van der Waals surface area contributed by atoms with Crippen LogP contribution in [0.15, 0.2) is 47.5 Å². The number of nitrogens with zero attached hydrogens (tertiary/aromatic N) is 4. The van der Waals surface area contributed by atoms with Gasteiger partial charge in [-0.05, 0) is 29.8 Å². The van der Waals surface area contributed by atoms with E-state index in [4.69, 9.17) is 0 Å². The van der Waals surface area contributed by atoms with Crippen LogP contribution in [0, 0.1) is 0 Å². The minimum absolute atomic E-state index is 0.196. The van der Waals surface area contributed by atoms with Crippen LogP contribution in [-0.4, -0.2) is 45.5 Å². The minimum atomic E-state index is -3.56. The Balaban J connectivity index is 1.89. The van der Waals surface area contributed by atoms with Gasteiger partial charge in [0.2, 0.25) is 16.0 Å². The van der Waals surface area contributed by atoms with Crippen molar-refractivity contribution in [1.29, 1.82) is 0 Å². The predicted octanol–water partition coefficient (Wildman–Crippen LogP) is 2.08. The third kappa shape index (κ3) is 3.49. The van der Waals surface area contributed by atoms with Gasteiger partial charge in [-0.3, -0.25) is 4.40 Å². The van der Waals surface area contributed by atoms with E-state index >= 15 is 0 Å². The summed E-state index contributed by atoms with van der Waals surface area (Å²) < 4.78 is 28.4. The number of sulfonamides is 1. The van der Waals surface area contributed by atoms with E-state index in [9.17, 15) is 13.5 Å². The summed E-state index contributed by atoms with van der Waals surface area (Å²) in [6, 6.07) is 9.97. The molecule has 0 unspecified atom stereocenters. The molecular formula is C17H21N5O3S. The van der Waals surface area contributed by atoms with Gasteiger partial charge in [0, 0.05) is 25.8 Å². The van der Waals surface area contributed by atoms with Crippen LogP contribution in [-0.2, 0) is 16.6 Å². The van der Waals surface area contributed by atoms with Crippen molar-refractivity contribution in [1.82, 2.24) is 18.9 Å². The maximum atomic E-state index is 12.7. The average molecular weight is 375 g/mol. The van der Waals surface area contributed by atoms with Gasteiger partial charge in [0.1, 0.15) is 5.75 Å². The Morgan fingerprint density at radius 1 is 1.08 bits per heavy atom. The predicted molar refractivity (Wildman–Crippen MR) is 98.5 cm³/mol. The number of aromatic hydroxyl groups is 1.